The smallest absolute Gasteiger partial charge is 0.253 e. The van der Waals surface area contributed by atoms with Crippen LogP contribution in [0.3, 0.4) is 0 Å². The van der Waals surface area contributed by atoms with Crippen LogP contribution < -0.4 is 21.1 Å². The van der Waals surface area contributed by atoms with Gasteiger partial charge in [0, 0.05) is 19.0 Å². The van der Waals surface area contributed by atoms with Gasteiger partial charge in [0.25, 0.3) is 5.91 Å². The van der Waals surface area contributed by atoms with Crippen LogP contribution in [0.15, 0.2) is 18.2 Å². The number of nitrogens with two attached hydrogens (primary N) is 1. The Kier molecular flexibility index (Phi) is 4.45. The number of para-hydroxylation sites is 1. The van der Waals surface area contributed by atoms with Crippen LogP contribution in [-0.2, 0) is 4.79 Å². The summed E-state index contributed by atoms with van der Waals surface area (Å²) < 4.78 is 5.06. The van der Waals surface area contributed by atoms with Crippen molar-refractivity contribution in [2.75, 3.05) is 19.4 Å². The molecule has 0 radical (unpaired) electrons. The summed E-state index contributed by atoms with van der Waals surface area (Å²) in [7, 11) is 1.50. The fraction of sp³-hybridized carbons (Fsp3) is 0.429. The van der Waals surface area contributed by atoms with Crippen LogP contribution in [0.4, 0.5) is 5.69 Å². The van der Waals surface area contributed by atoms with Crippen molar-refractivity contribution in [3.05, 3.63) is 23.8 Å². The van der Waals surface area contributed by atoms with Crippen molar-refractivity contribution in [3.8, 4) is 5.75 Å². The largest absolute Gasteiger partial charge is 0.495 e. The molecule has 1 aliphatic carbocycles. The molecule has 20 heavy (non-hydrogen) atoms. The molecule has 0 aromatic heterocycles. The zero-order chi connectivity index (χ0) is 14.5. The molecule has 1 fully saturated rings. The topological polar surface area (TPSA) is 93.4 Å². The predicted molar refractivity (Wildman–Crippen MR) is 75.5 cm³/mol. The highest BCUT2D eigenvalue weighted by Crippen LogP contribution is 2.24. The molecule has 0 spiro atoms. The number of methoxy groups -OCH3 is 1. The quantitative estimate of drug-likeness (QED) is 0.666. The first-order valence-electron chi connectivity index (χ1n) is 6.62. The van der Waals surface area contributed by atoms with E-state index in [1.54, 1.807) is 18.2 Å². The number of hydrogen-bond donors (Lipinski definition) is 3. The van der Waals surface area contributed by atoms with Crippen LogP contribution in [0, 0.1) is 0 Å². The number of nitrogens with one attached hydrogen (secondary N) is 2. The Bertz CT molecular complexity index is 512. The van der Waals surface area contributed by atoms with E-state index in [0.717, 1.165) is 12.8 Å². The van der Waals surface area contributed by atoms with E-state index in [4.69, 9.17) is 10.5 Å². The van der Waals surface area contributed by atoms with E-state index in [1.165, 1.54) is 7.11 Å². The summed E-state index contributed by atoms with van der Waals surface area (Å²) in [5.41, 5.74) is 6.49. The third kappa shape index (κ3) is 3.63. The normalized spacial score (nSPS) is 13.7. The number of ether oxygens (including phenoxy) is 1. The van der Waals surface area contributed by atoms with Gasteiger partial charge in [0.05, 0.1) is 18.4 Å². The molecule has 1 aliphatic rings. The summed E-state index contributed by atoms with van der Waals surface area (Å²) in [5.74, 6) is 0.121. The molecule has 6 heteroatoms. The Labute approximate surface area is 117 Å². The van der Waals surface area contributed by atoms with E-state index in [0.29, 0.717) is 23.0 Å². The van der Waals surface area contributed by atoms with Crippen LogP contribution in [0.2, 0.25) is 0 Å². The Morgan fingerprint density at radius 1 is 1.40 bits per heavy atom. The SMILES string of the molecule is COc1cccc(C(=O)NCCC(=O)NC2CC2)c1N. The highest BCUT2D eigenvalue weighted by atomic mass is 16.5. The number of amides is 2. The minimum Gasteiger partial charge on any atom is -0.495 e. The number of nitrogen functional groups attached to an aromatic ring is 1. The van der Waals surface area contributed by atoms with Crippen molar-refractivity contribution in [2.45, 2.75) is 25.3 Å². The van der Waals surface area contributed by atoms with Crippen molar-refractivity contribution in [1.29, 1.82) is 0 Å². The van der Waals surface area contributed by atoms with Gasteiger partial charge in [-0.05, 0) is 25.0 Å². The summed E-state index contributed by atoms with van der Waals surface area (Å²) >= 11 is 0. The minimum absolute atomic E-state index is 0.0357. The first kappa shape index (κ1) is 14.2. The monoisotopic (exact) mass is 277 g/mol. The molecule has 0 heterocycles. The van der Waals surface area contributed by atoms with Gasteiger partial charge >= 0.3 is 0 Å². The zero-order valence-electron chi connectivity index (χ0n) is 11.4. The summed E-state index contributed by atoms with van der Waals surface area (Å²) in [6.07, 6.45) is 2.38. The lowest BCUT2D eigenvalue weighted by Crippen LogP contribution is -2.32. The molecule has 1 saturated carbocycles. The fourth-order valence-electron chi connectivity index (χ4n) is 1.83. The van der Waals surface area contributed by atoms with E-state index in [-0.39, 0.29) is 24.8 Å². The van der Waals surface area contributed by atoms with Crippen LogP contribution in [0.5, 0.6) is 5.75 Å². The van der Waals surface area contributed by atoms with Crippen LogP contribution >= 0.6 is 0 Å². The van der Waals surface area contributed by atoms with Crippen molar-refractivity contribution in [1.82, 2.24) is 10.6 Å². The summed E-state index contributed by atoms with van der Waals surface area (Å²) in [5, 5.41) is 5.54. The maximum atomic E-state index is 12.0. The third-order valence-electron chi connectivity index (χ3n) is 3.11. The maximum Gasteiger partial charge on any atom is 0.253 e. The number of carbonyl (C=O) groups is 2. The van der Waals surface area contributed by atoms with Gasteiger partial charge in [-0.15, -0.1) is 0 Å². The van der Waals surface area contributed by atoms with E-state index in [1.807, 2.05) is 0 Å². The molecule has 0 aliphatic heterocycles. The maximum absolute atomic E-state index is 12.0. The second-order valence-corrected chi connectivity index (χ2v) is 4.77. The van der Waals surface area contributed by atoms with Crippen LogP contribution in [0.25, 0.3) is 0 Å². The molecule has 0 saturated heterocycles. The van der Waals surface area contributed by atoms with Crippen molar-refractivity contribution < 1.29 is 14.3 Å². The second-order valence-electron chi connectivity index (χ2n) is 4.77. The third-order valence-corrected chi connectivity index (χ3v) is 3.11. The number of benzene rings is 1. The Morgan fingerprint density at radius 2 is 2.15 bits per heavy atom. The highest BCUT2D eigenvalue weighted by Gasteiger charge is 2.23. The average Bonchev–Trinajstić information content (AvgIpc) is 3.22. The lowest BCUT2D eigenvalue weighted by Gasteiger charge is -2.10. The summed E-state index contributed by atoms with van der Waals surface area (Å²) in [4.78, 5) is 23.4. The zero-order valence-corrected chi connectivity index (χ0v) is 11.4. The van der Waals surface area contributed by atoms with Crippen LogP contribution in [0.1, 0.15) is 29.6 Å². The number of hydrogen-bond acceptors (Lipinski definition) is 4. The molecular formula is C14H19N3O3. The molecule has 2 rings (SSSR count). The molecule has 0 unspecified atom stereocenters. The van der Waals surface area contributed by atoms with E-state index in [2.05, 4.69) is 10.6 Å². The fourth-order valence-corrected chi connectivity index (χ4v) is 1.83. The highest BCUT2D eigenvalue weighted by molar-refractivity contribution is 6.00. The average molecular weight is 277 g/mol. The molecule has 1 aromatic rings. The summed E-state index contributed by atoms with van der Waals surface area (Å²) in [6.45, 7) is 0.286. The van der Waals surface area contributed by atoms with Gasteiger partial charge in [0.1, 0.15) is 5.75 Å². The van der Waals surface area contributed by atoms with E-state index < -0.39 is 0 Å². The lowest BCUT2D eigenvalue weighted by atomic mass is 10.1. The lowest BCUT2D eigenvalue weighted by molar-refractivity contribution is -0.121. The molecule has 0 atom stereocenters. The van der Waals surface area contributed by atoms with Crippen molar-refractivity contribution in [2.24, 2.45) is 0 Å². The number of anilines is 1. The Hall–Kier alpha value is -2.24. The van der Waals surface area contributed by atoms with Gasteiger partial charge in [-0.1, -0.05) is 6.07 Å². The van der Waals surface area contributed by atoms with Gasteiger partial charge in [0.15, 0.2) is 0 Å². The Morgan fingerprint density at radius 3 is 2.80 bits per heavy atom. The van der Waals surface area contributed by atoms with E-state index in [9.17, 15) is 9.59 Å². The molecule has 4 N–H and O–H groups in total. The first-order valence-corrected chi connectivity index (χ1v) is 6.62. The van der Waals surface area contributed by atoms with Crippen molar-refractivity contribution >= 4 is 17.5 Å². The predicted octanol–water partition coefficient (Wildman–Crippen LogP) is 0.676. The second kappa shape index (κ2) is 6.27. The molecule has 2 amide bonds. The van der Waals surface area contributed by atoms with Crippen molar-refractivity contribution in [3.63, 3.8) is 0 Å². The van der Waals surface area contributed by atoms with Crippen LogP contribution in [-0.4, -0.2) is 31.5 Å². The molecule has 0 bridgehead atoms. The molecular weight excluding hydrogens is 258 g/mol. The Balaban J connectivity index is 1.83. The van der Waals surface area contributed by atoms with Gasteiger partial charge < -0.3 is 21.1 Å². The molecule has 1 aromatic carbocycles. The van der Waals surface area contributed by atoms with Gasteiger partial charge in [-0.2, -0.15) is 0 Å². The standard InChI is InChI=1S/C14H19N3O3/c1-20-11-4-2-3-10(13(11)15)14(19)16-8-7-12(18)17-9-5-6-9/h2-4,9H,5-8,15H2,1H3,(H,16,19)(H,17,18). The van der Waals surface area contributed by atoms with Gasteiger partial charge in [-0.25, -0.2) is 0 Å². The number of rotatable bonds is 6. The molecule has 6 nitrogen and oxygen atoms in total. The minimum atomic E-state index is -0.305. The number of carbonyl (C=O) groups excluding carboxylic acids is 2. The summed E-state index contributed by atoms with van der Waals surface area (Å²) in [6, 6.07) is 5.35. The van der Waals surface area contributed by atoms with E-state index >= 15 is 0 Å². The first-order chi connectivity index (χ1) is 9.61. The van der Waals surface area contributed by atoms with Gasteiger partial charge in [0.2, 0.25) is 5.91 Å². The van der Waals surface area contributed by atoms with Gasteiger partial charge in [-0.3, -0.25) is 9.59 Å². The molecule has 108 valence electrons.